The Kier molecular flexibility index (Phi) is 7.56. The molecule has 3 rings (SSSR count). The summed E-state index contributed by atoms with van der Waals surface area (Å²) in [4.78, 5) is 12.4. The first-order chi connectivity index (χ1) is 15.1. The highest BCUT2D eigenvalue weighted by molar-refractivity contribution is 7.92. The second-order valence-corrected chi connectivity index (χ2v) is 9.84. The molecule has 166 valence electrons. The predicted molar refractivity (Wildman–Crippen MR) is 130 cm³/mol. The van der Waals surface area contributed by atoms with E-state index in [1.54, 1.807) is 42.5 Å². The molecule has 3 aromatic carbocycles. The minimum absolute atomic E-state index is 0.199. The van der Waals surface area contributed by atoms with Gasteiger partial charge in [-0.2, -0.15) is 5.10 Å². The van der Waals surface area contributed by atoms with Crippen LogP contribution in [0, 0.1) is 6.92 Å². The number of hydrogen-bond acceptors (Lipinski definition) is 4. The average Bonchev–Trinajstić information content (AvgIpc) is 2.75. The molecule has 0 bridgehead atoms. The average molecular weight is 490 g/mol. The predicted octanol–water partition coefficient (Wildman–Crippen LogP) is 5.03. The Morgan fingerprint density at radius 2 is 1.72 bits per heavy atom. The van der Waals surface area contributed by atoms with Crippen LogP contribution in [0.3, 0.4) is 0 Å². The first-order valence-electron chi connectivity index (χ1n) is 9.56. The van der Waals surface area contributed by atoms with Crippen LogP contribution in [0.25, 0.3) is 0 Å². The van der Waals surface area contributed by atoms with E-state index in [1.807, 2.05) is 31.2 Å². The molecule has 0 aromatic heterocycles. The Morgan fingerprint density at radius 1 is 1.03 bits per heavy atom. The van der Waals surface area contributed by atoms with Crippen molar-refractivity contribution in [2.45, 2.75) is 13.5 Å². The summed E-state index contributed by atoms with van der Waals surface area (Å²) in [6.45, 7) is 2.13. The van der Waals surface area contributed by atoms with E-state index in [9.17, 15) is 13.2 Å². The SMILES string of the molecule is Cc1ccccc1CN(c1ccc(C(=O)N/N=C\c2ccc(Cl)c(Cl)c2)cc1)S(C)(=O)=O. The molecule has 6 nitrogen and oxygen atoms in total. The van der Waals surface area contributed by atoms with Crippen LogP contribution in [-0.4, -0.2) is 26.8 Å². The van der Waals surface area contributed by atoms with Gasteiger partial charge in [-0.3, -0.25) is 9.10 Å². The summed E-state index contributed by atoms with van der Waals surface area (Å²) in [6, 6.07) is 18.9. The minimum Gasteiger partial charge on any atom is -0.267 e. The van der Waals surface area contributed by atoms with E-state index in [0.717, 1.165) is 17.4 Å². The standard InChI is InChI=1S/C23H21Cl2N3O3S/c1-16-5-3-4-6-19(16)15-28(32(2,30)31)20-10-8-18(9-11-20)23(29)27-26-14-17-7-12-21(24)22(25)13-17/h3-14H,15H2,1-2H3,(H,27,29)/b26-14-. The van der Waals surface area contributed by atoms with E-state index >= 15 is 0 Å². The number of benzene rings is 3. The summed E-state index contributed by atoms with van der Waals surface area (Å²) in [7, 11) is -3.53. The lowest BCUT2D eigenvalue weighted by atomic mass is 10.1. The van der Waals surface area contributed by atoms with Crippen LogP contribution < -0.4 is 9.73 Å². The van der Waals surface area contributed by atoms with Crippen molar-refractivity contribution >= 4 is 51.0 Å². The fourth-order valence-electron chi connectivity index (χ4n) is 2.94. The van der Waals surface area contributed by atoms with Crippen molar-refractivity contribution in [1.82, 2.24) is 5.43 Å². The fourth-order valence-corrected chi connectivity index (χ4v) is 4.13. The molecule has 1 N–H and O–H groups in total. The zero-order chi connectivity index (χ0) is 23.3. The number of aryl methyl sites for hydroxylation is 1. The van der Waals surface area contributed by atoms with E-state index in [-0.39, 0.29) is 6.54 Å². The Hall–Kier alpha value is -2.87. The summed E-state index contributed by atoms with van der Waals surface area (Å²) < 4.78 is 26.1. The highest BCUT2D eigenvalue weighted by Crippen LogP contribution is 2.23. The van der Waals surface area contributed by atoms with Crippen molar-refractivity contribution in [2.24, 2.45) is 5.10 Å². The molecule has 0 radical (unpaired) electrons. The van der Waals surface area contributed by atoms with Crippen molar-refractivity contribution in [3.05, 3.63) is 99.0 Å². The van der Waals surface area contributed by atoms with E-state index in [1.165, 1.54) is 10.5 Å². The summed E-state index contributed by atoms with van der Waals surface area (Å²) in [5, 5.41) is 4.74. The molecule has 0 saturated carbocycles. The van der Waals surface area contributed by atoms with Crippen molar-refractivity contribution < 1.29 is 13.2 Å². The summed E-state index contributed by atoms with van der Waals surface area (Å²) >= 11 is 11.8. The molecule has 0 fully saturated rings. The van der Waals surface area contributed by atoms with Gasteiger partial charge >= 0.3 is 0 Å². The van der Waals surface area contributed by atoms with Gasteiger partial charge in [0.1, 0.15) is 0 Å². The number of amides is 1. The molecule has 0 aliphatic rings. The molecule has 0 unspecified atom stereocenters. The van der Waals surface area contributed by atoms with Gasteiger partial charge in [0.15, 0.2) is 0 Å². The van der Waals surface area contributed by atoms with Crippen molar-refractivity contribution in [2.75, 3.05) is 10.6 Å². The van der Waals surface area contributed by atoms with Crippen molar-refractivity contribution in [3.8, 4) is 0 Å². The van der Waals surface area contributed by atoms with Gasteiger partial charge in [-0.05, 0) is 60.0 Å². The number of halogens is 2. The van der Waals surface area contributed by atoms with Gasteiger partial charge in [-0.25, -0.2) is 13.8 Å². The normalized spacial score (nSPS) is 11.5. The maximum Gasteiger partial charge on any atom is 0.271 e. The van der Waals surface area contributed by atoms with Crippen LogP contribution in [-0.2, 0) is 16.6 Å². The van der Waals surface area contributed by atoms with Crippen molar-refractivity contribution in [1.29, 1.82) is 0 Å². The van der Waals surface area contributed by atoms with Crippen LogP contribution in [0.15, 0.2) is 71.8 Å². The number of anilines is 1. The molecule has 3 aromatic rings. The van der Waals surface area contributed by atoms with Gasteiger partial charge in [-0.1, -0.05) is 53.5 Å². The first-order valence-corrected chi connectivity index (χ1v) is 12.2. The third kappa shape index (κ3) is 6.09. The number of sulfonamides is 1. The van der Waals surface area contributed by atoms with E-state index in [4.69, 9.17) is 23.2 Å². The molecule has 0 aliphatic heterocycles. The van der Waals surface area contributed by atoms with Crippen LogP contribution in [0.4, 0.5) is 5.69 Å². The minimum atomic E-state index is -3.53. The van der Waals surface area contributed by atoms with E-state index in [2.05, 4.69) is 10.5 Å². The molecule has 0 atom stereocenters. The third-order valence-corrected chi connectivity index (χ3v) is 6.60. The van der Waals surface area contributed by atoms with Gasteiger partial charge in [0.25, 0.3) is 5.91 Å². The number of nitrogens with one attached hydrogen (secondary N) is 1. The molecule has 9 heteroatoms. The number of nitrogens with zero attached hydrogens (tertiary/aromatic N) is 2. The smallest absolute Gasteiger partial charge is 0.267 e. The monoisotopic (exact) mass is 489 g/mol. The molecule has 0 saturated heterocycles. The Morgan fingerprint density at radius 3 is 2.34 bits per heavy atom. The van der Waals surface area contributed by atoms with E-state index < -0.39 is 15.9 Å². The maximum absolute atomic E-state index is 12.4. The number of carbonyl (C=O) groups is 1. The van der Waals surface area contributed by atoms with Gasteiger partial charge in [0.05, 0.1) is 34.7 Å². The number of hydrogen-bond donors (Lipinski definition) is 1. The van der Waals surface area contributed by atoms with E-state index in [0.29, 0.717) is 26.9 Å². The Bertz CT molecular complexity index is 1260. The summed E-state index contributed by atoms with van der Waals surface area (Å²) in [5.74, 6) is -0.433. The fraction of sp³-hybridized carbons (Fsp3) is 0.130. The zero-order valence-electron chi connectivity index (χ0n) is 17.4. The number of hydrazone groups is 1. The van der Waals surface area contributed by atoms with Crippen LogP contribution in [0.5, 0.6) is 0 Å². The number of rotatable bonds is 7. The van der Waals surface area contributed by atoms with Crippen LogP contribution >= 0.6 is 23.2 Å². The summed E-state index contributed by atoms with van der Waals surface area (Å²) in [6.07, 6.45) is 2.60. The van der Waals surface area contributed by atoms with Crippen LogP contribution in [0.1, 0.15) is 27.0 Å². The molecule has 1 amide bonds. The maximum atomic E-state index is 12.4. The third-order valence-electron chi connectivity index (χ3n) is 4.72. The van der Waals surface area contributed by atoms with Crippen LogP contribution in [0.2, 0.25) is 10.0 Å². The lowest BCUT2D eigenvalue weighted by molar-refractivity contribution is 0.0955. The second kappa shape index (κ2) is 10.2. The molecular weight excluding hydrogens is 469 g/mol. The zero-order valence-corrected chi connectivity index (χ0v) is 19.7. The second-order valence-electron chi connectivity index (χ2n) is 7.12. The molecule has 0 spiro atoms. The lowest BCUT2D eigenvalue weighted by Gasteiger charge is -2.23. The van der Waals surface area contributed by atoms with Gasteiger partial charge in [0.2, 0.25) is 10.0 Å². The molecular formula is C23H21Cl2N3O3S. The Balaban J connectivity index is 1.73. The van der Waals surface area contributed by atoms with Gasteiger partial charge in [0, 0.05) is 5.56 Å². The Labute approximate surface area is 197 Å². The molecule has 0 heterocycles. The lowest BCUT2D eigenvalue weighted by Crippen LogP contribution is -2.29. The highest BCUT2D eigenvalue weighted by Gasteiger charge is 2.19. The largest absolute Gasteiger partial charge is 0.271 e. The van der Waals surface area contributed by atoms with Gasteiger partial charge < -0.3 is 0 Å². The molecule has 32 heavy (non-hydrogen) atoms. The van der Waals surface area contributed by atoms with Gasteiger partial charge in [-0.15, -0.1) is 0 Å². The summed E-state index contributed by atoms with van der Waals surface area (Å²) in [5.41, 5.74) is 5.80. The van der Waals surface area contributed by atoms with Crippen molar-refractivity contribution in [3.63, 3.8) is 0 Å². The number of carbonyl (C=O) groups excluding carboxylic acids is 1. The highest BCUT2D eigenvalue weighted by atomic mass is 35.5. The molecule has 0 aliphatic carbocycles. The topological polar surface area (TPSA) is 78.8 Å². The quantitative estimate of drug-likeness (QED) is 0.373. The first kappa shape index (κ1) is 23.8.